The van der Waals surface area contributed by atoms with Crippen LogP contribution in [0.25, 0.3) is 5.57 Å². The predicted molar refractivity (Wildman–Crippen MR) is 66.7 cm³/mol. The van der Waals surface area contributed by atoms with E-state index in [4.69, 9.17) is 5.73 Å². The molecule has 1 rings (SSSR count). The predicted octanol–water partition coefficient (Wildman–Crippen LogP) is 2.95. The van der Waals surface area contributed by atoms with Gasteiger partial charge in [-0.1, -0.05) is 50.8 Å². The van der Waals surface area contributed by atoms with E-state index >= 15 is 0 Å². The standard InChI is InChI=1S/C11H13NO.C2H6/c1-9(5-4-8-12)10-6-2-3-7-11(10)13;1-2/h2-7,13H,1,8,12H2;1-2H3/b5-4+;. The van der Waals surface area contributed by atoms with Gasteiger partial charge in [0.15, 0.2) is 0 Å². The van der Waals surface area contributed by atoms with Crippen LogP contribution in [0.5, 0.6) is 5.75 Å². The molecule has 0 amide bonds. The topological polar surface area (TPSA) is 46.2 Å². The van der Waals surface area contributed by atoms with Crippen molar-refractivity contribution in [1.82, 2.24) is 0 Å². The lowest BCUT2D eigenvalue weighted by Gasteiger charge is -2.02. The van der Waals surface area contributed by atoms with E-state index in [9.17, 15) is 5.11 Å². The lowest BCUT2D eigenvalue weighted by atomic mass is 10.1. The van der Waals surface area contributed by atoms with Crippen LogP contribution in [-0.4, -0.2) is 11.7 Å². The van der Waals surface area contributed by atoms with Gasteiger partial charge in [-0.05, 0) is 11.6 Å². The third-order valence-corrected chi connectivity index (χ3v) is 1.71. The summed E-state index contributed by atoms with van der Waals surface area (Å²) >= 11 is 0. The van der Waals surface area contributed by atoms with Gasteiger partial charge >= 0.3 is 0 Å². The highest BCUT2D eigenvalue weighted by molar-refractivity contribution is 5.75. The Hall–Kier alpha value is -1.54. The maximum atomic E-state index is 9.45. The van der Waals surface area contributed by atoms with Crippen molar-refractivity contribution in [3.8, 4) is 5.75 Å². The first-order chi connectivity index (χ1) is 7.25. The summed E-state index contributed by atoms with van der Waals surface area (Å²) in [5, 5.41) is 9.45. The van der Waals surface area contributed by atoms with Crippen molar-refractivity contribution >= 4 is 5.57 Å². The summed E-state index contributed by atoms with van der Waals surface area (Å²) in [6.45, 7) is 8.30. The molecule has 0 spiro atoms. The first-order valence-electron chi connectivity index (χ1n) is 5.09. The van der Waals surface area contributed by atoms with E-state index in [0.717, 1.165) is 11.1 Å². The van der Waals surface area contributed by atoms with E-state index in [2.05, 4.69) is 6.58 Å². The second-order valence-electron chi connectivity index (χ2n) is 2.68. The van der Waals surface area contributed by atoms with Crippen LogP contribution in [0.3, 0.4) is 0 Å². The Labute approximate surface area is 91.7 Å². The van der Waals surface area contributed by atoms with Crippen molar-refractivity contribution in [2.45, 2.75) is 13.8 Å². The van der Waals surface area contributed by atoms with Crippen molar-refractivity contribution in [1.29, 1.82) is 0 Å². The van der Waals surface area contributed by atoms with Gasteiger partial charge in [0.1, 0.15) is 5.75 Å². The molecule has 2 nitrogen and oxygen atoms in total. The molecule has 1 aromatic rings. The molecular formula is C13H19NO. The third-order valence-electron chi connectivity index (χ3n) is 1.71. The van der Waals surface area contributed by atoms with Crippen molar-refractivity contribution < 1.29 is 5.11 Å². The first-order valence-corrected chi connectivity index (χ1v) is 5.09. The maximum absolute atomic E-state index is 9.45. The largest absolute Gasteiger partial charge is 0.507 e. The van der Waals surface area contributed by atoms with Crippen LogP contribution in [0.1, 0.15) is 19.4 Å². The van der Waals surface area contributed by atoms with Crippen LogP contribution in [0, 0.1) is 0 Å². The van der Waals surface area contributed by atoms with Crippen molar-refractivity contribution in [3.05, 3.63) is 48.6 Å². The van der Waals surface area contributed by atoms with Crippen LogP contribution in [0.4, 0.5) is 0 Å². The Morgan fingerprint density at radius 2 is 2.00 bits per heavy atom. The number of phenolic OH excluding ortho intramolecular Hbond substituents is 1. The minimum atomic E-state index is 0.245. The summed E-state index contributed by atoms with van der Waals surface area (Å²) in [5.41, 5.74) is 6.81. The number of phenols is 1. The molecule has 0 saturated heterocycles. The van der Waals surface area contributed by atoms with Crippen molar-refractivity contribution in [2.75, 3.05) is 6.54 Å². The Morgan fingerprint density at radius 1 is 1.40 bits per heavy atom. The minimum Gasteiger partial charge on any atom is -0.507 e. The average Bonchev–Trinajstić information content (AvgIpc) is 2.29. The van der Waals surface area contributed by atoms with E-state index in [1.807, 2.05) is 26.0 Å². The van der Waals surface area contributed by atoms with E-state index in [1.165, 1.54) is 0 Å². The van der Waals surface area contributed by atoms with Gasteiger partial charge in [-0.2, -0.15) is 0 Å². The number of aromatic hydroxyl groups is 1. The molecule has 3 N–H and O–H groups in total. The number of rotatable bonds is 3. The summed E-state index contributed by atoms with van der Waals surface area (Å²) in [5.74, 6) is 0.245. The lowest BCUT2D eigenvalue weighted by Crippen LogP contribution is -1.92. The second-order valence-corrected chi connectivity index (χ2v) is 2.68. The molecule has 0 atom stereocenters. The van der Waals surface area contributed by atoms with Gasteiger partial charge in [0.05, 0.1) is 0 Å². The number of allylic oxidation sites excluding steroid dienone is 2. The fourth-order valence-corrected chi connectivity index (χ4v) is 1.05. The zero-order valence-corrected chi connectivity index (χ0v) is 9.40. The summed E-state index contributed by atoms with van der Waals surface area (Å²) < 4.78 is 0. The van der Waals surface area contributed by atoms with Crippen LogP contribution < -0.4 is 5.73 Å². The van der Waals surface area contributed by atoms with Crippen molar-refractivity contribution in [3.63, 3.8) is 0 Å². The molecule has 82 valence electrons. The normalized spacial score (nSPS) is 9.53. The SMILES string of the molecule is C=C(/C=C/CN)c1ccccc1O.CC. The molecule has 0 fully saturated rings. The molecule has 0 bridgehead atoms. The van der Waals surface area contributed by atoms with Crippen LogP contribution in [0.15, 0.2) is 43.0 Å². The van der Waals surface area contributed by atoms with Gasteiger partial charge in [-0.15, -0.1) is 0 Å². The molecule has 0 radical (unpaired) electrons. The number of benzene rings is 1. The Bertz CT molecular complexity index is 329. The summed E-state index contributed by atoms with van der Waals surface area (Å²) in [6.07, 6.45) is 3.60. The number of hydrogen-bond donors (Lipinski definition) is 2. The molecule has 2 heteroatoms. The maximum Gasteiger partial charge on any atom is 0.123 e. The fraction of sp³-hybridized carbons (Fsp3) is 0.231. The first kappa shape index (κ1) is 13.5. The summed E-state index contributed by atoms with van der Waals surface area (Å²) in [7, 11) is 0. The number of para-hydroxylation sites is 1. The monoisotopic (exact) mass is 205 g/mol. The van der Waals surface area contributed by atoms with Gasteiger partial charge in [-0.3, -0.25) is 0 Å². The molecule has 0 aromatic heterocycles. The lowest BCUT2D eigenvalue weighted by molar-refractivity contribution is 0.474. The minimum absolute atomic E-state index is 0.245. The zero-order valence-electron chi connectivity index (χ0n) is 9.40. The van der Waals surface area contributed by atoms with Gasteiger partial charge in [0, 0.05) is 12.1 Å². The molecule has 1 aromatic carbocycles. The summed E-state index contributed by atoms with van der Waals surface area (Å²) in [6, 6.07) is 7.09. The molecule has 0 unspecified atom stereocenters. The van der Waals surface area contributed by atoms with E-state index in [-0.39, 0.29) is 5.75 Å². The smallest absolute Gasteiger partial charge is 0.123 e. The van der Waals surface area contributed by atoms with Gasteiger partial charge < -0.3 is 10.8 Å². The Morgan fingerprint density at radius 3 is 2.53 bits per heavy atom. The van der Waals surface area contributed by atoms with Crippen LogP contribution >= 0.6 is 0 Å². The molecule has 0 saturated carbocycles. The number of hydrogen-bond acceptors (Lipinski definition) is 2. The number of nitrogens with two attached hydrogens (primary N) is 1. The molecule has 0 heterocycles. The van der Waals surface area contributed by atoms with Crippen molar-refractivity contribution in [2.24, 2.45) is 5.73 Å². The molecule has 0 aliphatic carbocycles. The van der Waals surface area contributed by atoms with Gasteiger partial charge in [-0.25, -0.2) is 0 Å². The van der Waals surface area contributed by atoms with E-state index in [0.29, 0.717) is 6.54 Å². The molecule has 0 aliphatic rings. The highest BCUT2D eigenvalue weighted by Crippen LogP contribution is 2.23. The Balaban J connectivity index is 0.000000921. The fourth-order valence-electron chi connectivity index (χ4n) is 1.05. The zero-order chi connectivity index (χ0) is 11.7. The molecular weight excluding hydrogens is 186 g/mol. The van der Waals surface area contributed by atoms with Gasteiger partial charge in [0.25, 0.3) is 0 Å². The second kappa shape index (κ2) is 7.83. The molecule has 15 heavy (non-hydrogen) atoms. The van der Waals surface area contributed by atoms with Crippen LogP contribution in [-0.2, 0) is 0 Å². The highest BCUT2D eigenvalue weighted by atomic mass is 16.3. The Kier molecular flexibility index (Phi) is 7.02. The summed E-state index contributed by atoms with van der Waals surface area (Å²) in [4.78, 5) is 0. The molecule has 0 aliphatic heterocycles. The van der Waals surface area contributed by atoms with E-state index < -0.39 is 0 Å². The van der Waals surface area contributed by atoms with E-state index in [1.54, 1.807) is 24.3 Å². The quantitative estimate of drug-likeness (QED) is 0.745. The van der Waals surface area contributed by atoms with Crippen LogP contribution in [0.2, 0.25) is 0 Å². The highest BCUT2D eigenvalue weighted by Gasteiger charge is 1.99. The average molecular weight is 205 g/mol. The van der Waals surface area contributed by atoms with Gasteiger partial charge in [0.2, 0.25) is 0 Å². The third kappa shape index (κ3) is 4.47.